The van der Waals surface area contributed by atoms with Gasteiger partial charge in [-0.25, -0.2) is 25.3 Å². The molecule has 5 rings (SSSR count). The van der Waals surface area contributed by atoms with Crippen LogP contribution in [0.25, 0.3) is 0 Å². The highest BCUT2D eigenvalue weighted by atomic mass is 32.3. The van der Waals surface area contributed by atoms with E-state index in [0.717, 1.165) is 44.1 Å². The average Bonchev–Trinajstić information content (AvgIpc) is 3.48. The summed E-state index contributed by atoms with van der Waals surface area (Å²) in [4.78, 5) is -0.221. The molecule has 4 aliphatic rings. The number of rotatable bonds is 6. The summed E-state index contributed by atoms with van der Waals surface area (Å²) in [7, 11) is -13.5. The lowest BCUT2D eigenvalue weighted by atomic mass is 10.0. The monoisotopic (exact) mass is 486 g/mol. The number of benzene rings is 1. The Morgan fingerprint density at radius 2 is 1.13 bits per heavy atom. The first kappa shape index (κ1) is 21.9. The maximum atomic E-state index is 13.9. The minimum Gasteiger partial charge on any atom is -0.226 e. The van der Waals surface area contributed by atoms with Crippen molar-refractivity contribution in [2.45, 2.75) is 77.6 Å². The molecule has 6 atom stereocenters. The van der Waals surface area contributed by atoms with Crippen LogP contribution in [0.1, 0.15) is 56.9 Å². The molecule has 1 aromatic carbocycles. The van der Waals surface area contributed by atoms with E-state index in [1.54, 1.807) is 19.1 Å². The summed E-state index contributed by atoms with van der Waals surface area (Å²) in [6.45, 7) is 1.80. The smallest absolute Gasteiger partial charge is 0.226 e. The summed E-state index contributed by atoms with van der Waals surface area (Å²) in [6, 6.07) is 5.84. The fourth-order valence-electron chi connectivity index (χ4n) is 6.84. The number of hydrogen-bond acceptors (Lipinski definition) is 6. The van der Waals surface area contributed by atoms with Crippen LogP contribution >= 0.6 is 0 Å². The molecule has 0 saturated heterocycles. The summed E-state index contributed by atoms with van der Waals surface area (Å²) < 4.78 is 80.5. The van der Waals surface area contributed by atoms with Crippen molar-refractivity contribution < 1.29 is 25.3 Å². The fourth-order valence-corrected chi connectivity index (χ4v) is 17.5. The van der Waals surface area contributed by atoms with Gasteiger partial charge in [0.2, 0.25) is 9.84 Å². The van der Waals surface area contributed by atoms with E-state index in [0.29, 0.717) is 12.8 Å². The second kappa shape index (κ2) is 7.29. The van der Waals surface area contributed by atoms with Crippen LogP contribution in [0, 0.1) is 30.6 Å². The molecule has 9 heteroatoms. The normalized spacial score (nSPS) is 36.2. The first-order valence-electron chi connectivity index (χ1n) is 11.3. The molecule has 0 heterocycles. The molecule has 4 aliphatic carbocycles. The molecule has 4 saturated carbocycles. The third-order valence-corrected chi connectivity index (χ3v) is 18.4. The van der Waals surface area contributed by atoms with E-state index in [2.05, 4.69) is 0 Å². The van der Waals surface area contributed by atoms with E-state index < -0.39 is 43.9 Å². The minimum absolute atomic E-state index is 0.124. The first-order valence-corrected chi connectivity index (χ1v) is 16.0. The van der Waals surface area contributed by atoms with Crippen molar-refractivity contribution in [3.63, 3.8) is 0 Å². The van der Waals surface area contributed by atoms with E-state index in [1.807, 2.05) is 0 Å². The lowest BCUT2D eigenvalue weighted by Gasteiger charge is -2.31. The van der Waals surface area contributed by atoms with Crippen molar-refractivity contribution in [3.8, 4) is 0 Å². The van der Waals surface area contributed by atoms with Crippen LogP contribution in [0.2, 0.25) is 0 Å². The van der Waals surface area contributed by atoms with Crippen LogP contribution in [-0.2, 0) is 29.5 Å². The Morgan fingerprint density at radius 1 is 0.677 bits per heavy atom. The van der Waals surface area contributed by atoms with Crippen LogP contribution in [-0.4, -0.2) is 39.7 Å². The Hall–Kier alpha value is -0.930. The predicted molar refractivity (Wildman–Crippen MR) is 118 cm³/mol. The molecular weight excluding hydrogens is 456 g/mol. The molecule has 172 valence electrons. The summed E-state index contributed by atoms with van der Waals surface area (Å²) in [5.41, 5.74) is 0.822. The molecule has 0 radical (unpaired) electrons. The quantitative estimate of drug-likeness (QED) is 0.612. The predicted octanol–water partition coefficient (Wildman–Crippen LogP) is 3.26. The summed E-state index contributed by atoms with van der Waals surface area (Å²) >= 11 is 0. The molecule has 0 aliphatic heterocycles. The molecule has 31 heavy (non-hydrogen) atoms. The Morgan fingerprint density at radius 3 is 1.48 bits per heavy atom. The second-order valence-corrected chi connectivity index (χ2v) is 17.7. The second-order valence-electron chi connectivity index (χ2n) is 10.3. The topological polar surface area (TPSA) is 102 Å². The third-order valence-electron chi connectivity index (χ3n) is 8.33. The number of fused-ring (bicyclic) bond motifs is 4. The molecule has 0 amide bonds. The van der Waals surface area contributed by atoms with E-state index >= 15 is 0 Å². The summed E-state index contributed by atoms with van der Waals surface area (Å²) in [5, 5.41) is -1.74. The van der Waals surface area contributed by atoms with Gasteiger partial charge in [-0.15, -0.1) is 0 Å². The van der Waals surface area contributed by atoms with Gasteiger partial charge in [0.15, 0.2) is 19.7 Å². The molecular formula is C22H30O6S3. The van der Waals surface area contributed by atoms with Gasteiger partial charge in [0.25, 0.3) is 3.91 Å². The van der Waals surface area contributed by atoms with Crippen LogP contribution in [0.15, 0.2) is 29.2 Å². The SMILES string of the molecule is Cc1ccc(S(=O)(=O)C(S(=O)(=O)C2CC3CCC2C3)S(=O)(=O)C2CC3CCC2C3)cc1. The lowest BCUT2D eigenvalue weighted by Crippen LogP contribution is -2.49. The van der Waals surface area contributed by atoms with Crippen LogP contribution in [0.3, 0.4) is 0 Å². The molecule has 0 spiro atoms. The average molecular weight is 487 g/mol. The zero-order valence-corrected chi connectivity index (χ0v) is 20.1. The molecule has 0 aromatic heterocycles. The summed E-state index contributed by atoms with van der Waals surface area (Å²) in [6.07, 6.45) is 5.67. The zero-order valence-electron chi connectivity index (χ0n) is 17.7. The van der Waals surface area contributed by atoms with Crippen molar-refractivity contribution >= 4 is 29.5 Å². The van der Waals surface area contributed by atoms with Gasteiger partial charge in [0.1, 0.15) is 0 Å². The molecule has 6 nitrogen and oxygen atoms in total. The number of hydrogen-bond donors (Lipinski definition) is 0. The molecule has 0 N–H and O–H groups in total. The molecule has 4 bridgehead atoms. The van der Waals surface area contributed by atoms with Gasteiger partial charge in [-0.2, -0.15) is 0 Å². The highest BCUT2D eigenvalue weighted by Gasteiger charge is 2.60. The van der Waals surface area contributed by atoms with Crippen molar-refractivity contribution in [3.05, 3.63) is 29.8 Å². The van der Waals surface area contributed by atoms with Gasteiger partial charge in [0, 0.05) is 0 Å². The Balaban J connectivity index is 1.63. The fraction of sp³-hybridized carbons (Fsp3) is 0.727. The van der Waals surface area contributed by atoms with Crippen molar-refractivity contribution in [1.29, 1.82) is 0 Å². The Labute approximate surface area is 185 Å². The van der Waals surface area contributed by atoms with Crippen LogP contribution in [0.5, 0.6) is 0 Å². The Kier molecular flexibility index (Phi) is 5.15. The highest BCUT2D eigenvalue weighted by molar-refractivity contribution is 8.24. The van der Waals surface area contributed by atoms with Crippen molar-refractivity contribution in [1.82, 2.24) is 0 Å². The van der Waals surface area contributed by atoms with Gasteiger partial charge in [0.05, 0.1) is 15.4 Å². The zero-order chi connectivity index (χ0) is 22.2. The summed E-state index contributed by atoms with van der Waals surface area (Å²) in [5.74, 6) is 0.275. The standard InChI is InChI=1S/C22H30O6S3/c1-14-2-8-19(9-3-14)29(23,24)22(30(25,26)20-12-15-4-6-17(20)10-15)31(27,28)21-13-16-5-7-18(21)11-16/h2-3,8-9,15-18,20-22H,4-7,10-13H2,1H3. The van der Waals surface area contributed by atoms with Gasteiger partial charge < -0.3 is 0 Å². The Bertz CT molecular complexity index is 1130. The number of sulfone groups is 3. The highest BCUT2D eigenvalue weighted by Crippen LogP contribution is 2.52. The van der Waals surface area contributed by atoms with Crippen LogP contribution in [0.4, 0.5) is 0 Å². The molecule has 4 fully saturated rings. The van der Waals surface area contributed by atoms with Gasteiger partial charge in [-0.1, -0.05) is 30.5 Å². The maximum absolute atomic E-state index is 13.9. The maximum Gasteiger partial charge on any atom is 0.267 e. The van der Waals surface area contributed by atoms with E-state index in [1.165, 1.54) is 12.1 Å². The molecule has 1 aromatic rings. The van der Waals surface area contributed by atoms with Crippen molar-refractivity contribution in [2.75, 3.05) is 0 Å². The van der Waals surface area contributed by atoms with Gasteiger partial charge in [-0.3, -0.25) is 0 Å². The molecule has 6 unspecified atom stereocenters. The van der Waals surface area contributed by atoms with E-state index in [9.17, 15) is 25.3 Å². The third kappa shape index (κ3) is 3.41. The van der Waals surface area contributed by atoms with E-state index in [4.69, 9.17) is 0 Å². The minimum atomic E-state index is -4.62. The first-order chi connectivity index (χ1) is 14.5. The lowest BCUT2D eigenvalue weighted by molar-refractivity contribution is 0.458. The van der Waals surface area contributed by atoms with Crippen LogP contribution < -0.4 is 0 Å². The largest absolute Gasteiger partial charge is 0.267 e. The van der Waals surface area contributed by atoms with Gasteiger partial charge >= 0.3 is 0 Å². The van der Waals surface area contributed by atoms with Crippen molar-refractivity contribution in [2.24, 2.45) is 23.7 Å². The van der Waals surface area contributed by atoms with Gasteiger partial charge in [-0.05, 0) is 81.3 Å². The number of aryl methyl sites for hydroxylation is 1. The van der Waals surface area contributed by atoms with E-state index in [-0.39, 0.29) is 28.6 Å².